The molecule has 0 N–H and O–H groups in total. The second kappa shape index (κ2) is 4.46. The van der Waals surface area contributed by atoms with E-state index in [2.05, 4.69) is 57.4 Å². The van der Waals surface area contributed by atoms with Crippen LogP contribution in [0.1, 0.15) is 0 Å². The third-order valence-corrected chi connectivity index (χ3v) is 3.98. The molecule has 3 heteroatoms. The number of benzene rings is 2. The predicted molar refractivity (Wildman–Crippen MR) is 85.8 cm³/mol. The van der Waals surface area contributed by atoms with E-state index in [0.717, 1.165) is 15.5 Å². The van der Waals surface area contributed by atoms with Crippen LogP contribution in [0.4, 0.5) is 0 Å². The molecule has 2 nitrogen and oxygen atoms in total. The normalized spacial score (nSPS) is 11.2. The molecule has 2 aromatic heterocycles. The van der Waals surface area contributed by atoms with Crippen LogP contribution in [0, 0.1) is 0 Å². The molecule has 0 spiro atoms. The highest BCUT2D eigenvalue weighted by atomic mass is 79.9. The second-order valence-corrected chi connectivity index (χ2v) is 5.66. The fourth-order valence-corrected chi connectivity index (χ4v) is 3.01. The Balaban J connectivity index is 2.14. The van der Waals surface area contributed by atoms with Crippen LogP contribution in [0.5, 0.6) is 0 Å². The van der Waals surface area contributed by atoms with Crippen LogP contribution in [0.15, 0.2) is 71.3 Å². The molecule has 0 aliphatic heterocycles. The fourth-order valence-electron chi connectivity index (χ4n) is 2.62. The molecule has 0 saturated heterocycles. The Morgan fingerprint density at radius 3 is 2.70 bits per heavy atom. The molecule has 0 atom stereocenters. The van der Waals surface area contributed by atoms with Crippen LogP contribution < -0.4 is 0 Å². The van der Waals surface area contributed by atoms with Gasteiger partial charge in [-0.05, 0) is 29.8 Å². The molecule has 4 rings (SSSR count). The van der Waals surface area contributed by atoms with Gasteiger partial charge >= 0.3 is 0 Å². The SMILES string of the molecule is Brc1cccc(-c2cccn3nc4ccccc4c23)c1. The third kappa shape index (κ3) is 1.74. The maximum absolute atomic E-state index is 4.63. The highest BCUT2D eigenvalue weighted by molar-refractivity contribution is 9.10. The smallest absolute Gasteiger partial charge is 0.0934 e. The number of halogens is 1. The van der Waals surface area contributed by atoms with E-state index >= 15 is 0 Å². The van der Waals surface area contributed by atoms with Gasteiger partial charge in [-0.3, -0.25) is 0 Å². The Morgan fingerprint density at radius 1 is 0.900 bits per heavy atom. The van der Waals surface area contributed by atoms with Crippen molar-refractivity contribution in [2.75, 3.05) is 0 Å². The molecule has 0 aliphatic rings. The minimum Gasteiger partial charge on any atom is -0.239 e. The lowest BCUT2D eigenvalue weighted by molar-refractivity contribution is 0.983. The predicted octanol–water partition coefficient (Wildman–Crippen LogP) is 4.92. The summed E-state index contributed by atoms with van der Waals surface area (Å²) >= 11 is 3.54. The van der Waals surface area contributed by atoms with Crippen LogP contribution in [0.2, 0.25) is 0 Å². The molecule has 4 aromatic rings. The van der Waals surface area contributed by atoms with Crippen LogP contribution in [-0.2, 0) is 0 Å². The van der Waals surface area contributed by atoms with Crippen LogP contribution >= 0.6 is 15.9 Å². The molecule has 2 heterocycles. The third-order valence-electron chi connectivity index (χ3n) is 3.48. The van der Waals surface area contributed by atoms with E-state index in [4.69, 9.17) is 0 Å². The molecule has 2 aromatic carbocycles. The van der Waals surface area contributed by atoms with Gasteiger partial charge in [0.1, 0.15) is 0 Å². The molecular weight excluding hydrogens is 312 g/mol. The number of hydrogen-bond donors (Lipinski definition) is 0. The van der Waals surface area contributed by atoms with Gasteiger partial charge in [0.2, 0.25) is 0 Å². The van der Waals surface area contributed by atoms with Crippen molar-refractivity contribution in [2.24, 2.45) is 0 Å². The van der Waals surface area contributed by atoms with E-state index in [0.29, 0.717) is 0 Å². The molecule has 0 saturated carbocycles. The number of pyridine rings is 1. The first-order chi connectivity index (χ1) is 9.83. The molecule has 0 aliphatic carbocycles. The topological polar surface area (TPSA) is 17.3 Å². The zero-order valence-corrected chi connectivity index (χ0v) is 12.2. The summed E-state index contributed by atoms with van der Waals surface area (Å²) in [6, 6.07) is 20.8. The van der Waals surface area contributed by atoms with E-state index in [-0.39, 0.29) is 0 Å². The van der Waals surface area contributed by atoms with Gasteiger partial charge in [-0.15, -0.1) is 0 Å². The molecule has 0 fully saturated rings. The van der Waals surface area contributed by atoms with Gasteiger partial charge in [-0.1, -0.05) is 52.3 Å². The van der Waals surface area contributed by atoms with E-state index in [1.165, 1.54) is 16.5 Å². The highest BCUT2D eigenvalue weighted by Gasteiger charge is 2.10. The average Bonchev–Trinajstić information content (AvgIpc) is 2.85. The minimum absolute atomic E-state index is 1.02. The highest BCUT2D eigenvalue weighted by Crippen LogP contribution is 2.31. The van der Waals surface area contributed by atoms with E-state index in [1.54, 1.807) is 0 Å². The number of rotatable bonds is 1. The number of fused-ring (bicyclic) bond motifs is 3. The van der Waals surface area contributed by atoms with E-state index in [1.807, 2.05) is 35.0 Å². The van der Waals surface area contributed by atoms with Crippen LogP contribution in [0.25, 0.3) is 27.5 Å². The summed E-state index contributed by atoms with van der Waals surface area (Å²) in [7, 11) is 0. The first-order valence-corrected chi connectivity index (χ1v) is 7.24. The Hall–Kier alpha value is -2.13. The van der Waals surface area contributed by atoms with Gasteiger partial charge in [0.25, 0.3) is 0 Å². The summed E-state index contributed by atoms with van der Waals surface area (Å²) < 4.78 is 3.04. The average molecular weight is 323 g/mol. The summed E-state index contributed by atoms with van der Waals surface area (Å²) in [5.74, 6) is 0. The van der Waals surface area contributed by atoms with Crippen molar-refractivity contribution < 1.29 is 0 Å². The van der Waals surface area contributed by atoms with E-state index in [9.17, 15) is 0 Å². The lowest BCUT2D eigenvalue weighted by atomic mass is 10.0. The molecular formula is C17H11BrN2. The van der Waals surface area contributed by atoms with Crippen molar-refractivity contribution in [1.82, 2.24) is 9.61 Å². The van der Waals surface area contributed by atoms with Gasteiger partial charge in [0, 0.05) is 21.6 Å². The number of hydrogen-bond acceptors (Lipinski definition) is 1. The Kier molecular flexibility index (Phi) is 2.60. The van der Waals surface area contributed by atoms with Gasteiger partial charge in [-0.2, -0.15) is 5.10 Å². The minimum atomic E-state index is 1.02. The summed E-state index contributed by atoms with van der Waals surface area (Å²) in [4.78, 5) is 0. The Bertz CT molecular complexity index is 924. The van der Waals surface area contributed by atoms with Crippen molar-refractivity contribution in [3.8, 4) is 11.1 Å². The number of nitrogens with zero attached hydrogens (tertiary/aromatic N) is 2. The van der Waals surface area contributed by atoms with Crippen LogP contribution in [-0.4, -0.2) is 9.61 Å². The molecule has 0 bridgehead atoms. The monoisotopic (exact) mass is 322 g/mol. The summed E-state index contributed by atoms with van der Waals surface area (Å²) in [6.07, 6.45) is 2.00. The van der Waals surface area contributed by atoms with Crippen molar-refractivity contribution >= 4 is 32.3 Å². The van der Waals surface area contributed by atoms with Gasteiger partial charge in [0.05, 0.1) is 11.0 Å². The van der Waals surface area contributed by atoms with Crippen molar-refractivity contribution in [2.45, 2.75) is 0 Å². The maximum Gasteiger partial charge on any atom is 0.0934 e. The second-order valence-electron chi connectivity index (χ2n) is 4.74. The van der Waals surface area contributed by atoms with Crippen molar-refractivity contribution in [3.05, 3.63) is 71.3 Å². The zero-order valence-electron chi connectivity index (χ0n) is 10.6. The quantitative estimate of drug-likeness (QED) is 0.486. The van der Waals surface area contributed by atoms with Gasteiger partial charge in [0.15, 0.2) is 0 Å². The first kappa shape index (κ1) is 11.7. The summed E-state index contributed by atoms with van der Waals surface area (Å²) in [5.41, 5.74) is 4.56. The molecule has 0 radical (unpaired) electrons. The molecule has 96 valence electrons. The molecule has 0 amide bonds. The van der Waals surface area contributed by atoms with Crippen molar-refractivity contribution in [1.29, 1.82) is 0 Å². The maximum atomic E-state index is 4.63. The fraction of sp³-hybridized carbons (Fsp3) is 0. The molecule has 0 unspecified atom stereocenters. The van der Waals surface area contributed by atoms with Gasteiger partial charge in [-0.25, -0.2) is 4.52 Å². The Morgan fingerprint density at radius 2 is 1.80 bits per heavy atom. The summed E-state index contributed by atoms with van der Waals surface area (Å²) in [6.45, 7) is 0. The standard InChI is InChI=1S/C17H11BrN2/c18-13-6-3-5-12(11-13)14-8-4-10-20-17(14)15-7-1-2-9-16(15)19-20/h1-11H. The van der Waals surface area contributed by atoms with Crippen LogP contribution in [0.3, 0.4) is 0 Å². The Labute approximate surface area is 124 Å². The number of aromatic nitrogens is 2. The lowest BCUT2D eigenvalue weighted by Crippen LogP contribution is -1.88. The summed E-state index contributed by atoms with van der Waals surface area (Å²) in [5, 5.41) is 5.81. The molecule has 20 heavy (non-hydrogen) atoms. The first-order valence-electron chi connectivity index (χ1n) is 6.45. The lowest BCUT2D eigenvalue weighted by Gasteiger charge is -2.05. The zero-order chi connectivity index (χ0) is 13.5. The van der Waals surface area contributed by atoms with E-state index < -0.39 is 0 Å². The van der Waals surface area contributed by atoms with Gasteiger partial charge < -0.3 is 0 Å². The van der Waals surface area contributed by atoms with Crippen molar-refractivity contribution in [3.63, 3.8) is 0 Å². The largest absolute Gasteiger partial charge is 0.239 e.